The third-order valence-electron chi connectivity index (χ3n) is 3.33. The number of sulfone groups is 1. The van der Waals surface area contributed by atoms with Gasteiger partial charge in [0, 0.05) is 11.3 Å². The monoisotopic (exact) mass is 339 g/mol. The summed E-state index contributed by atoms with van der Waals surface area (Å²) in [5, 5.41) is 2.72. The fraction of sp³-hybridized carbons (Fsp3) is 0.188. The highest BCUT2D eigenvalue weighted by Gasteiger charge is 2.26. The summed E-state index contributed by atoms with van der Waals surface area (Å²) >= 11 is 0. The number of carbonyl (C=O) groups excluding carboxylic acids is 1. The number of para-hydroxylation sites is 1. The third-order valence-corrected chi connectivity index (χ3v) is 4.72. The quantitative estimate of drug-likeness (QED) is 0.907. The van der Waals surface area contributed by atoms with Crippen LogP contribution in [0.4, 0.5) is 14.5 Å². The van der Waals surface area contributed by atoms with Crippen LogP contribution in [-0.2, 0) is 16.3 Å². The first kappa shape index (κ1) is 17.1. The first-order chi connectivity index (χ1) is 10.9. The second-order valence-electron chi connectivity index (χ2n) is 4.79. The van der Waals surface area contributed by atoms with E-state index in [1.807, 2.05) is 19.1 Å². The molecule has 1 amide bonds. The SMILES string of the molecule is CCc1ccccc1NC(=O)c1ccc(S(=O)(=O)C(F)F)cc1. The highest BCUT2D eigenvalue weighted by atomic mass is 32.2. The van der Waals surface area contributed by atoms with Gasteiger partial charge in [-0.1, -0.05) is 25.1 Å². The van der Waals surface area contributed by atoms with Gasteiger partial charge in [-0.05, 0) is 42.3 Å². The van der Waals surface area contributed by atoms with E-state index in [0.717, 1.165) is 24.1 Å². The molecule has 0 spiro atoms. The normalized spacial score (nSPS) is 11.5. The van der Waals surface area contributed by atoms with Gasteiger partial charge in [0.1, 0.15) is 0 Å². The molecule has 0 atom stereocenters. The Labute approximate surface area is 133 Å². The molecule has 0 heterocycles. The van der Waals surface area contributed by atoms with Crippen molar-refractivity contribution in [1.82, 2.24) is 0 Å². The number of carbonyl (C=O) groups is 1. The van der Waals surface area contributed by atoms with Gasteiger partial charge in [-0.3, -0.25) is 4.79 Å². The standard InChI is InChI=1S/C16H15F2NO3S/c1-2-11-5-3-4-6-14(11)19-15(20)12-7-9-13(10-8-12)23(21,22)16(17)18/h3-10,16H,2H2,1H3,(H,19,20). The maximum absolute atomic E-state index is 12.5. The van der Waals surface area contributed by atoms with Crippen molar-refractivity contribution in [3.05, 3.63) is 59.7 Å². The Kier molecular flexibility index (Phi) is 5.10. The van der Waals surface area contributed by atoms with Gasteiger partial charge in [0.15, 0.2) is 0 Å². The van der Waals surface area contributed by atoms with Gasteiger partial charge in [0.2, 0.25) is 9.84 Å². The highest BCUT2D eigenvalue weighted by molar-refractivity contribution is 7.91. The second kappa shape index (κ2) is 6.87. The number of nitrogens with one attached hydrogen (secondary N) is 1. The fourth-order valence-corrected chi connectivity index (χ4v) is 2.77. The van der Waals surface area contributed by atoms with Gasteiger partial charge in [0.25, 0.3) is 5.91 Å². The van der Waals surface area contributed by atoms with Crippen molar-refractivity contribution >= 4 is 21.4 Å². The average Bonchev–Trinajstić information content (AvgIpc) is 2.55. The number of hydrogen-bond donors (Lipinski definition) is 1. The molecule has 2 aromatic carbocycles. The lowest BCUT2D eigenvalue weighted by Gasteiger charge is -2.10. The van der Waals surface area contributed by atoms with Gasteiger partial charge >= 0.3 is 5.76 Å². The van der Waals surface area contributed by atoms with Crippen LogP contribution >= 0.6 is 0 Å². The molecule has 4 nitrogen and oxygen atoms in total. The lowest BCUT2D eigenvalue weighted by atomic mass is 10.1. The lowest BCUT2D eigenvalue weighted by molar-refractivity contribution is 0.102. The number of halogens is 2. The third kappa shape index (κ3) is 3.73. The largest absolute Gasteiger partial charge is 0.341 e. The molecule has 0 aromatic heterocycles. The zero-order valence-corrected chi connectivity index (χ0v) is 13.1. The number of hydrogen-bond acceptors (Lipinski definition) is 3. The molecule has 23 heavy (non-hydrogen) atoms. The Morgan fingerprint density at radius 3 is 2.26 bits per heavy atom. The molecule has 0 unspecified atom stereocenters. The van der Waals surface area contributed by atoms with E-state index in [1.54, 1.807) is 12.1 Å². The Bertz CT molecular complexity index is 802. The molecule has 0 radical (unpaired) electrons. The number of aryl methyl sites for hydroxylation is 1. The molecule has 2 aromatic rings. The van der Waals surface area contributed by atoms with Crippen molar-refractivity contribution in [2.45, 2.75) is 24.0 Å². The number of anilines is 1. The Morgan fingerprint density at radius 2 is 1.70 bits per heavy atom. The molecule has 0 fully saturated rings. The van der Waals surface area contributed by atoms with E-state index in [4.69, 9.17) is 0 Å². The molecule has 0 aliphatic rings. The summed E-state index contributed by atoms with van der Waals surface area (Å²) in [6, 6.07) is 11.7. The Hall–Kier alpha value is -2.28. The first-order valence-corrected chi connectivity index (χ1v) is 8.42. The van der Waals surface area contributed by atoms with Crippen molar-refractivity contribution in [1.29, 1.82) is 0 Å². The minimum absolute atomic E-state index is 0.184. The van der Waals surface area contributed by atoms with Crippen LogP contribution in [0.25, 0.3) is 0 Å². The molecule has 2 rings (SSSR count). The molecule has 0 bridgehead atoms. The molecular weight excluding hydrogens is 324 g/mol. The van der Waals surface area contributed by atoms with Crippen LogP contribution in [0.5, 0.6) is 0 Å². The summed E-state index contributed by atoms with van der Waals surface area (Å²) < 4.78 is 47.6. The van der Waals surface area contributed by atoms with E-state index in [1.165, 1.54) is 12.1 Å². The van der Waals surface area contributed by atoms with E-state index in [2.05, 4.69) is 5.32 Å². The molecule has 122 valence electrons. The minimum atomic E-state index is -4.65. The molecular formula is C16H15F2NO3S. The zero-order valence-electron chi connectivity index (χ0n) is 12.3. The predicted octanol–water partition coefficient (Wildman–Crippen LogP) is 3.50. The molecule has 0 aliphatic carbocycles. The maximum atomic E-state index is 12.5. The van der Waals surface area contributed by atoms with Crippen LogP contribution in [0.2, 0.25) is 0 Å². The smallest absolute Gasteiger partial charge is 0.322 e. The van der Waals surface area contributed by atoms with Gasteiger partial charge in [0.05, 0.1) is 4.90 Å². The van der Waals surface area contributed by atoms with Gasteiger partial charge < -0.3 is 5.32 Å². The van der Waals surface area contributed by atoms with Crippen molar-refractivity contribution in [2.24, 2.45) is 0 Å². The van der Waals surface area contributed by atoms with Crippen molar-refractivity contribution in [3.8, 4) is 0 Å². The summed E-state index contributed by atoms with van der Waals surface area (Å²) in [6.07, 6.45) is 0.738. The van der Waals surface area contributed by atoms with E-state index in [-0.39, 0.29) is 5.56 Å². The lowest BCUT2D eigenvalue weighted by Crippen LogP contribution is -2.14. The van der Waals surface area contributed by atoms with E-state index in [9.17, 15) is 22.0 Å². The van der Waals surface area contributed by atoms with Crippen molar-refractivity contribution < 1.29 is 22.0 Å². The molecule has 7 heteroatoms. The number of alkyl halides is 2. The topological polar surface area (TPSA) is 63.2 Å². The Morgan fingerprint density at radius 1 is 1.09 bits per heavy atom. The molecule has 0 aliphatic heterocycles. The van der Waals surface area contributed by atoms with Crippen LogP contribution in [0.15, 0.2) is 53.4 Å². The first-order valence-electron chi connectivity index (χ1n) is 6.87. The maximum Gasteiger partial charge on any atom is 0.341 e. The van der Waals surface area contributed by atoms with Crippen LogP contribution in [0.1, 0.15) is 22.8 Å². The van der Waals surface area contributed by atoms with Crippen molar-refractivity contribution in [2.75, 3.05) is 5.32 Å². The van der Waals surface area contributed by atoms with Crippen molar-refractivity contribution in [3.63, 3.8) is 0 Å². The van der Waals surface area contributed by atoms with Crippen LogP contribution in [-0.4, -0.2) is 20.1 Å². The summed E-state index contributed by atoms with van der Waals surface area (Å²) in [5.74, 6) is -3.93. The summed E-state index contributed by atoms with van der Waals surface area (Å²) in [6.45, 7) is 1.95. The van der Waals surface area contributed by atoms with Crippen LogP contribution in [0.3, 0.4) is 0 Å². The Balaban J connectivity index is 2.21. The fourth-order valence-electron chi connectivity index (χ4n) is 2.04. The number of benzene rings is 2. The molecule has 0 saturated heterocycles. The summed E-state index contributed by atoms with van der Waals surface area (Å²) in [7, 11) is -4.65. The number of amides is 1. The second-order valence-corrected chi connectivity index (χ2v) is 6.71. The molecule has 1 N–H and O–H groups in total. The average molecular weight is 339 g/mol. The zero-order chi connectivity index (χ0) is 17.0. The number of rotatable bonds is 5. The van der Waals surface area contributed by atoms with Crippen LogP contribution < -0.4 is 5.32 Å². The molecule has 0 saturated carbocycles. The van der Waals surface area contributed by atoms with E-state index < -0.39 is 26.4 Å². The summed E-state index contributed by atoms with van der Waals surface area (Å²) in [5.41, 5.74) is 1.80. The van der Waals surface area contributed by atoms with Gasteiger partial charge in [-0.25, -0.2) is 8.42 Å². The van der Waals surface area contributed by atoms with Gasteiger partial charge in [-0.15, -0.1) is 0 Å². The van der Waals surface area contributed by atoms with Crippen LogP contribution in [0, 0.1) is 0 Å². The van der Waals surface area contributed by atoms with Gasteiger partial charge in [-0.2, -0.15) is 8.78 Å². The highest BCUT2D eigenvalue weighted by Crippen LogP contribution is 2.20. The minimum Gasteiger partial charge on any atom is -0.322 e. The summed E-state index contributed by atoms with van der Waals surface area (Å²) in [4.78, 5) is 11.7. The van der Waals surface area contributed by atoms with E-state index in [0.29, 0.717) is 5.69 Å². The van der Waals surface area contributed by atoms with E-state index >= 15 is 0 Å². The predicted molar refractivity (Wildman–Crippen MR) is 83.4 cm³/mol.